The smallest absolute Gasteiger partial charge is 0.161 e. The topological polar surface area (TPSA) is 60.7 Å². The van der Waals surface area contributed by atoms with E-state index in [1.165, 1.54) is 4.90 Å². The lowest BCUT2D eigenvalue weighted by Crippen LogP contribution is -2.07. The highest BCUT2D eigenvalue weighted by Gasteiger charge is 2.26. The molecule has 1 atom stereocenters. The molecule has 0 aliphatic rings. The Labute approximate surface area is 144 Å². The van der Waals surface area contributed by atoms with E-state index in [9.17, 15) is 15.3 Å². The Kier molecular flexibility index (Phi) is 5.08. The van der Waals surface area contributed by atoms with Gasteiger partial charge in [0.1, 0.15) is 17.3 Å². The zero-order valence-electron chi connectivity index (χ0n) is 13.1. The van der Waals surface area contributed by atoms with Gasteiger partial charge in [0, 0.05) is 5.56 Å². The van der Waals surface area contributed by atoms with Gasteiger partial charge in [-0.25, -0.2) is 0 Å². The largest absolute Gasteiger partial charge is 0.508 e. The summed E-state index contributed by atoms with van der Waals surface area (Å²) in [5.41, 5.74) is 2.02. The van der Waals surface area contributed by atoms with Crippen molar-refractivity contribution < 1.29 is 15.3 Å². The highest BCUT2D eigenvalue weighted by molar-refractivity contribution is 7.96. The average Bonchev–Trinajstić information content (AvgIpc) is 2.62. The fourth-order valence-corrected chi connectivity index (χ4v) is 4.49. The summed E-state index contributed by atoms with van der Waals surface area (Å²) in [5, 5.41) is 28.2. The first-order valence-corrected chi connectivity index (χ1v) is 9.03. The third kappa shape index (κ3) is 3.91. The minimum atomic E-state index is -0.202. The molecule has 3 nitrogen and oxygen atoms in total. The zero-order valence-corrected chi connectivity index (χ0v) is 13.9. The van der Waals surface area contributed by atoms with E-state index < -0.39 is 0 Å². The Bertz CT molecular complexity index is 781. The predicted octanol–water partition coefficient (Wildman–Crippen LogP) is 3.83. The molecule has 0 radical (unpaired) electrons. The molecule has 0 aromatic heterocycles. The van der Waals surface area contributed by atoms with Crippen LogP contribution in [0.5, 0.6) is 11.5 Å². The summed E-state index contributed by atoms with van der Waals surface area (Å²) in [6.45, 7) is 0.0330. The van der Waals surface area contributed by atoms with E-state index in [0.29, 0.717) is 0 Å². The van der Waals surface area contributed by atoms with E-state index in [-0.39, 0.29) is 29.0 Å². The molecule has 24 heavy (non-hydrogen) atoms. The van der Waals surface area contributed by atoms with Crippen LogP contribution in [0.2, 0.25) is 0 Å². The Hall–Kier alpha value is -2.43. The maximum absolute atomic E-state index is 9.55. The van der Waals surface area contributed by atoms with Crippen molar-refractivity contribution >= 4 is 10.9 Å². The minimum Gasteiger partial charge on any atom is -0.508 e. The zero-order chi connectivity index (χ0) is 16.9. The third-order valence-corrected chi connectivity index (χ3v) is 6.06. The average molecular weight is 339 g/mol. The van der Waals surface area contributed by atoms with Crippen LogP contribution in [-0.4, -0.2) is 15.3 Å². The van der Waals surface area contributed by atoms with Gasteiger partial charge in [0.15, 0.2) is 9.79 Å². The highest BCUT2D eigenvalue weighted by atomic mass is 32.2. The second-order valence-electron chi connectivity index (χ2n) is 5.50. The minimum absolute atomic E-state index is 0.0330. The maximum atomic E-state index is 9.55. The van der Waals surface area contributed by atoms with Crippen LogP contribution in [0.1, 0.15) is 11.1 Å². The molecule has 0 aliphatic carbocycles. The van der Waals surface area contributed by atoms with Gasteiger partial charge in [-0.15, -0.1) is 0 Å². The molecule has 0 amide bonds. The SMILES string of the molecule is OCc1ccc([S+](Cc2ccc(O)cc2)c2ccc(O)cc2)cc1. The van der Waals surface area contributed by atoms with Crippen LogP contribution in [0.3, 0.4) is 0 Å². The van der Waals surface area contributed by atoms with Gasteiger partial charge >= 0.3 is 0 Å². The van der Waals surface area contributed by atoms with Crippen LogP contribution in [-0.2, 0) is 23.3 Å². The van der Waals surface area contributed by atoms with Crippen molar-refractivity contribution in [2.24, 2.45) is 0 Å². The molecule has 0 fully saturated rings. The van der Waals surface area contributed by atoms with E-state index in [2.05, 4.69) is 0 Å². The first-order chi connectivity index (χ1) is 11.7. The molecule has 0 saturated heterocycles. The Morgan fingerprint density at radius 1 is 0.583 bits per heavy atom. The van der Waals surface area contributed by atoms with Crippen molar-refractivity contribution in [1.29, 1.82) is 0 Å². The van der Waals surface area contributed by atoms with Crippen LogP contribution < -0.4 is 0 Å². The first-order valence-electron chi connectivity index (χ1n) is 7.63. The van der Waals surface area contributed by atoms with Gasteiger partial charge in [-0.1, -0.05) is 24.3 Å². The van der Waals surface area contributed by atoms with Crippen LogP contribution >= 0.6 is 0 Å². The number of benzene rings is 3. The van der Waals surface area contributed by atoms with E-state index in [1.807, 2.05) is 48.5 Å². The second-order valence-corrected chi connectivity index (χ2v) is 7.51. The summed E-state index contributed by atoms with van der Waals surface area (Å²) < 4.78 is 0. The number of hydrogen-bond acceptors (Lipinski definition) is 3. The maximum Gasteiger partial charge on any atom is 0.161 e. The molecular formula is C20H19O3S+. The molecule has 0 spiro atoms. The standard InChI is InChI=1S/C20H18O3S/c21-13-15-3-9-19(10-4-15)24(20-11-7-18(23)8-12-20)14-16-1-5-17(22)6-2-16/h1-12,21H,13-14H2,(H-,22,23)/p+1. The summed E-state index contributed by atoms with van der Waals surface area (Å²) in [4.78, 5) is 2.31. The van der Waals surface area contributed by atoms with Crippen LogP contribution in [0, 0.1) is 0 Å². The Morgan fingerprint density at radius 3 is 1.50 bits per heavy atom. The molecule has 0 aliphatic heterocycles. The third-order valence-electron chi connectivity index (χ3n) is 3.76. The summed E-state index contributed by atoms with van der Waals surface area (Å²) in [7, 11) is -0.202. The predicted molar refractivity (Wildman–Crippen MR) is 96.2 cm³/mol. The molecule has 0 heterocycles. The summed E-state index contributed by atoms with van der Waals surface area (Å²) >= 11 is 0. The van der Waals surface area contributed by atoms with Gasteiger partial charge < -0.3 is 15.3 Å². The molecule has 4 heteroatoms. The number of hydrogen-bond donors (Lipinski definition) is 3. The fourth-order valence-electron chi connectivity index (χ4n) is 2.43. The monoisotopic (exact) mass is 339 g/mol. The Balaban J connectivity index is 1.95. The molecule has 122 valence electrons. The molecule has 3 aromatic rings. The Morgan fingerprint density at radius 2 is 1.00 bits per heavy atom. The second kappa shape index (κ2) is 7.43. The van der Waals surface area contributed by atoms with Crippen LogP contribution in [0.25, 0.3) is 0 Å². The highest BCUT2D eigenvalue weighted by Crippen LogP contribution is 2.29. The van der Waals surface area contributed by atoms with Gasteiger partial charge in [-0.05, 0) is 54.1 Å². The molecular weight excluding hydrogens is 320 g/mol. The van der Waals surface area contributed by atoms with Gasteiger partial charge in [0.2, 0.25) is 0 Å². The van der Waals surface area contributed by atoms with Gasteiger partial charge in [0.05, 0.1) is 17.5 Å². The van der Waals surface area contributed by atoms with Crippen LogP contribution in [0.15, 0.2) is 82.6 Å². The van der Waals surface area contributed by atoms with Gasteiger partial charge in [0.25, 0.3) is 0 Å². The quantitative estimate of drug-likeness (QED) is 0.619. The normalized spacial score (nSPS) is 12.0. The van der Waals surface area contributed by atoms with E-state index in [1.54, 1.807) is 24.3 Å². The van der Waals surface area contributed by atoms with E-state index in [4.69, 9.17) is 0 Å². The number of aromatic hydroxyl groups is 2. The number of phenols is 2. The van der Waals surface area contributed by atoms with Crippen molar-refractivity contribution in [3.8, 4) is 11.5 Å². The lowest BCUT2D eigenvalue weighted by atomic mass is 10.2. The molecule has 1 unspecified atom stereocenters. The molecule has 3 N–H and O–H groups in total. The van der Waals surface area contributed by atoms with Crippen molar-refractivity contribution in [1.82, 2.24) is 0 Å². The van der Waals surface area contributed by atoms with Crippen molar-refractivity contribution in [2.45, 2.75) is 22.2 Å². The summed E-state index contributed by atoms with van der Waals surface area (Å²) in [6.07, 6.45) is 0. The number of rotatable bonds is 5. The van der Waals surface area contributed by atoms with E-state index in [0.717, 1.165) is 21.8 Å². The van der Waals surface area contributed by atoms with Crippen molar-refractivity contribution in [2.75, 3.05) is 0 Å². The van der Waals surface area contributed by atoms with Crippen molar-refractivity contribution in [3.63, 3.8) is 0 Å². The van der Waals surface area contributed by atoms with E-state index >= 15 is 0 Å². The van der Waals surface area contributed by atoms with Gasteiger partial charge in [-0.3, -0.25) is 0 Å². The van der Waals surface area contributed by atoms with Crippen LogP contribution in [0.4, 0.5) is 0 Å². The lowest BCUT2D eigenvalue weighted by molar-refractivity contribution is 0.282. The number of aliphatic hydroxyl groups is 1. The lowest BCUT2D eigenvalue weighted by Gasteiger charge is -2.09. The fraction of sp³-hybridized carbons (Fsp3) is 0.100. The molecule has 3 aromatic carbocycles. The van der Waals surface area contributed by atoms with Crippen molar-refractivity contribution in [3.05, 3.63) is 83.9 Å². The number of aliphatic hydroxyl groups excluding tert-OH is 1. The summed E-state index contributed by atoms with van der Waals surface area (Å²) in [5.74, 6) is 1.32. The molecule has 0 bridgehead atoms. The molecule has 0 saturated carbocycles. The number of phenolic OH excluding ortho intramolecular Hbond substituents is 2. The summed E-state index contributed by atoms with van der Waals surface area (Å²) in [6, 6.07) is 22.5. The van der Waals surface area contributed by atoms with Gasteiger partial charge in [-0.2, -0.15) is 0 Å². The molecule has 3 rings (SSSR count). The first kappa shape index (κ1) is 16.4.